The fourth-order valence-electron chi connectivity index (χ4n) is 2.26. The quantitative estimate of drug-likeness (QED) is 0.640. The van der Waals surface area contributed by atoms with Crippen LogP contribution in [0.25, 0.3) is 0 Å². The van der Waals surface area contributed by atoms with Gasteiger partial charge in [0.2, 0.25) is 5.91 Å². The van der Waals surface area contributed by atoms with E-state index in [1.165, 1.54) is 20.1 Å². The van der Waals surface area contributed by atoms with Crippen molar-refractivity contribution in [1.82, 2.24) is 0 Å². The van der Waals surface area contributed by atoms with Crippen LogP contribution in [0.4, 0.5) is 11.4 Å². The van der Waals surface area contributed by atoms with Gasteiger partial charge in [0.05, 0.1) is 12.8 Å². The number of methoxy groups -OCH3 is 1. The Morgan fingerprint density at radius 2 is 1.78 bits per heavy atom. The number of benzene rings is 2. The van der Waals surface area contributed by atoms with Crippen LogP contribution in [0.15, 0.2) is 48.5 Å². The Morgan fingerprint density at radius 1 is 1.07 bits per heavy atom. The summed E-state index contributed by atoms with van der Waals surface area (Å²) < 4.78 is 10.0. The van der Waals surface area contributed by atoms with Crippen molar-refractivity contribution >= 4 is 29.2 Å². The van der Waals surface area contributed by atoms with Crippen LogP contribution >= 0.6 is 0 Å². The zero-order chi connectivity index (χ0) is 19.8. The highest BCUT2D eigenvalue weighted by atomic mass is 16.5. The molecule has 0 heterocycles. The molecule has 0 fully saturated rings. The van der Waals surface area contributed by atoms with Crippen molar-refractivity contribution in [3.63, 3.8) is 0 Å². The lowest BCUT2D eigenvalue weighted by atomic mass is 10.1. The van der Waals surface area contributed by atoms with E-state index in [-0.39, 0.29) is 5.91 Å². The Morgan fingerprint density at radius 3 is 2.41 bits per heavy atom. The van der Waals surface area contributed by atoms with Crippen LogP contribution in [0.1, 0.15) is 18.6 Å². The molecule has 0 aliphatic carbocycles. The van der Waals surface area contributed by atoms with Crippen molar-refractivity contribution in [2.24, 2.45) is 0 Å². The highest BCUT2D eigenvalue weighted by Gasteiger charge is 2.20. The first-order valence-electron chi connectivity index (χ1n) is 8.06. The Bertz CT molecular complexity index is 822. The number of nitrogens with one attached hydrogen (secondary N) is 2. The highest BCUT2D eigenvalue weighted by molar-refractivity contribution is 5.96. The summed E-state index contributed by atoms with van der Waals surface area (Å²) in [6.07, 6.45) is -1.48. The molecule has 8 heteroatoms. The Labute approximate surface area is 156 Å². The van der Waals surface area contributed by atoms with Gasteiger partial charge in [-0.1, -0.05) is 30.3 Å². The van der Waals surface area contributed by atoms with Crippen LogP contribution in [0.5, 0.6) is 5.75 Å². The van der Waals surface area contributed by atoms with E-state index < -0.39 is 24.6 Å². The fraction of sp³-hybridized carbons (Fsp3) is 0.211. The van der Waals surface area contributed by atoms with Crippen LogP contribution in [0.2, 0.25) is 0 Å². The molecule has 0 unspecified atom stereocenters. The molecule has 2 rings (SSSR count). The summed E-state index contributed by atoms with van der Waals surface area (Å²) in [5.41, 5.74) is 1.14. The van der Waals surface area contributed by atoms with Gasteiger partial charge in [-0.05, 0) is 23.8 Å². The topological polar surface area (TPSA) is 114 Å². The zero-order valence-electron chi connectivity index (χ0n) is 14.9. The first-order valence-corrected chi connectivity index (χ1v) is 8.06. The number of ether oxygens (including phenoxy) is 2. The number of aliphatic hydroxyl groups excluding tert-OH is 1. The molecule has 0 saturated heterocycles. The third kappa shape index (κ3) is 5.82. The summed E-state index contributed by atoms with van der Waals surface area (Å²) in [6.45, 7) is 0.774. The second-order valence-corrected chi connectivity index (χ2v) is 5.57. The summed E-state index contributed by atoms with van der Waals surface area (Å²) in [7, 11) is 1.43. The number of carbonyl (C=O) groups is 3. The molecule has 2 aromatic rings. The maximum absolute atomic E-state index is 12.1. The molecule has 0 aliphatic rings. The number of aliphatic hydroxyl groups is 1. The van der Waals surface area contributed by atoms with E-state index in [4.69, 9.17) is 9.47 Å². The predicted octanol–water partition coefficient (Wildman–Crippen LogP) is 1.87. The smallest absolute Gasteiger partial charge is 0.340 e. The Hall–Kier alpha value is -3.39. The molecule has 1 atom stereocenters. The van der Waals surface area contributed by atoms with E-state index in [0.29, 0.717) is 22.7 Å². The minimum atomic E-state index is -1.48. The number of hydrogen-bond acceptors (Lipinski definition) is 6. The molecule has 0 bridgehead atoms. The van der Waals surface area contributed by atoms with Crippen LogP contribution in [-0.4, -0.2) is 36.6 Å². The minimum Gasteiger partial charge on any atom is -0.495 e. The molecule has 0 saturated carbocycles. The first kappa shape index (κ1) is 19.9. The monoisotopic (exact) mass is 372 g/mol. The van der Waals surface area contributed by atoms with Gasteiger partial charge in [-0.2, -0.15) is 0 Å². The van der Waals surface area contributed by atoms with Crippen molar-refractivity contribution < 1.29 is 29.0 Å². The van der Waals surface area contributed by atoms with Gasteiger partial charge in [0.25, 0.3) is 5.91 Å². The number of anilines is 2. The largest absolute Gasteiger partial charge is 0.495 e. The molecule has 27 heavy (non-hydrogen) atoms. The first-order chi connectivity index (χ1) is 12.9. The van der Waals surface area contributed by atoms with E-state index in [2.05, 4.69) is 10.6 Å². The number of carbonyl (C=O) groups excluding carboxylic acids is 3. The van der Waals surface area contributed by atoms with Gasteiger partial charge in [-0.25, -0.2) is 4.79 Å². The van der Waals surface area contributed by atoms with Gasteiger partial charge in [0.15, 0.2) is 12.7 Å². The van der Waals surface area contributed by atoms with Crippen molar-refractivity contribution in [2.75, 3.05) is 24.4 Å². The maximum atomic E-state index is 12.1. The molecule has 2 amide bonds. The number of rotatable bonds is 7. The van der Waals surface area contributed by atoms with Crippen LogP contribution < -0.4 is 15.4 Å². The molecule has 0 aliphatic heterocycles. The van der Waals surface area contributed by atoms with Gasteiger partial charge < -0.3 is 25.2 Å². The molecule has 0 aromatic heterocycles. The Balaban J connectivity index is 1.97. The standard InChI is InChI=1S/C19H20N2O6/c1-12(22)20-14-8-9-16(26-2)15(10-14)21-17(23)11-27-19(25)18(24)13-6-4-3-5-7-13/h3-10,18,24H,11H2,1-2H3,(H,20,22)(H,21,23)/t18-/m1/s1. The highest BCUT2D eigenvalue weighted by Crippen LogP contribution is 2.27. The lowest BCUT2D eigenvalue weighted by Crippen LogP contribution is -2.24. The average Bonchev–Trinajstić information content (AvgIpc) is 2.66. The molecular formula is C19H20N2O6. The van der Waals surface area contributed by atoms with Crippen LogP contribution in [0.3, 0.4) is 0 Å². The lowest BCUT2D eigenvalue weighted by molar-refractivity contribution is -0.156. The molecule has 3 N–H and O–H groups in total. The van der Waals surface area contributed by atoms with Crippen LogP contribution in [-0.2, 0) is 19.1 Å². The number of hydrogen-bond donors (Lipinski definition) is 3. The van der Waals surface area contributed by atoms with Gasteiger partial charge >= 0.3 is 5.97 Å². The van der Waals surface area contributed by atoms with E-state index in [9.17, 15) is 19.5 Å². The molecule has 8 nitrogen and oxygen atoms in total. The van der Waals surface area contributed by atoms with Crippen molar-refractivity contribution in [3.8, 4) is 5.75 Å². The van der Waals surface area contributed by atoms with E-state index in [1.807, 2.05) is 0 Å². The zero-order valence-corrected chi connectivity index (χ0v) is 14.9. The summed E-state index contributed by atoms with van der Waals surface area (Å²) in [6, 6.07) is 12.9. The Kier molecular flexibility index (Phi) is 6.90. The fourth-order valence-corrected chi connectivity index (χ4v) is 2.26. The molecule has 0 radical (unpaired) electrons. The minimum absolute atomic E-state index is 0.263. The normalized spacial score (nSPS) is 11.2. The maximum Gasteiger partial charge on any atom is 0.340 e. The second-order valence-electron chi connectivity index (χ2n) is 5.57. The lowest BCUT2D eigenvalue weighted by Gasteiger charge is -2.13. The second kappa shape index (κ2) is 9.35. The summed E-state index contributed by atoms with van der Waals surface area (Å²) in [5, 5.41) is 15.1. The van der Waals surface area contributed by atoms with E-state index in [0.717, 1.165) is 0 Å². The molecule has 2 aromatic carbocycles. The molecule has 0 spiro atoms. The number of amides is 2. The third-order valence-corrected chi connectivity index (χ3v) is 3.48. The number of esters is 1. The van der Waals surface area contributed by atoms with Gasteiger partial charge in [0, 0.05) is 12.6 Å². The van der Waals surface area contributed by atoms with Gasteiger partial charge in [0.1, 0.15) is 5.75 Å². The van der Waals surface area contributed by atoms with Crippen molar-refractivity contribution in [2.45, 2.75) is 13.0 Å². The summed E-state index contributed by atoms with van der Waals surface area (Å²) in [4.78, 5) is 35.1. The van der Waals surface area contributed by atoms with Crippen molar-refractivity contribution in [1.29, 1.82) is 0 Å². The SMILES string of the molecule is COc1ccc(NC(C)=O)cc1NC(=O)COC(=O)[C@H](O)c1ccccc1. The summed E-state index contributed by atoms with van der Waals surface area (Å²) in [5.74, 6) is -1.45. The predicted molar refractivity (Wildman–Crippen MR) is 98.3 cm³/mol. The molecule has 142 valence electrons. The third-order valence-electron chi connectivity index (χ3n) is 3.48. The van der Waals surface area contributed by atoms with Crippen LogP contribution in [0, 0.1) is 0 Å². The van der Waals surface area contributed by atoms with Gasteiger partial charge in [-0.15, -0.1) is 0 Å². The average molecular weight is 372 g/mol. The van der Waals surface area contributed by atoms with E-state index >= 15 is 0 Å². The van der Waals surface area contributed by atoms with Gasteiger partial charge in [-0.3, -0.25) is 9.59 Å². The molecular weight excluding hydrogens is 352 g/mol. The summed E-state index contributed by atoms with van der Waals surface area (Å²) >= 11 is 0. The van der Waals surface area contributed by atoms with Crippen molar-refractivity contribution in [3.05, 3.63) is 54.1 Å². The van der Waals surface area contributed by atoms with E-state index in [1.54, 1.807) is 42.5 Å².